The second kappa shape index (κ2) is 5.48. The van der Waals surface area contributed by atoms with Gasteiger partial charge in [0.05, 0.1) is 0 Å². The molecule has 0 aromatic carbocycles. The van der Waals surface area contributed by atoms with E-state index >= 15 is 0 Å². The first-order chi connectivity index (χ1) is 8.75. The molecule has 0 aromatic rings. The number of hydrogen-bond donors (Lipinski definition) is 1. The summed E-state index contributed by atoms with van der Waals surface area (Å²) in [4.78, 5) is 5.39. The van der Waals surface area contributed by atoms with Crippen molar-refractivity contribution in [1.29, 1.82) is 0 Å². The average molecular weight is 251 g/mol. The van der Waals surface area contributed by atoms with E-state index in [2.05, 4.69) is 29.1 Å². The van der Waals surface area contributed by atoms with Gasteiger partial charge in [0.15, 0.2) is 0 Å². The molecule has 3 heteroatoms. The predicted molar refractivity (Wildman–Crippen MR) is 75.9 cm³/mol. The predicted octanol–water partition coefficient (Wildman–Crippen LogP) is 1.69. The third-order valence-electron chi connectivity index (χ3n) is 5.55. The minimum absolute atomic E-state index is 0.765. The van der Waals surface area contributed by atoms with Crippen LogP contribution in [-0.2, 0) is 0 Å². The summed E-state index contributed by atoms with van der Waals surface area (Å²) in [6, 6.07) is 3.25. The highest BCUT2D eigenvalue weighted by Gasteiger charge is 2.38. The second-order valence-corrected chi connectivity index (χ2v) is 6.66. The fourth-order valence-electron chi connectivity index (χ4n) is 4.31. The first-order valence-corrected chi connectivity index (χ1v) is 7.95. The summed E-state index contributed by atoms with van der Waals surface area (Å²) in [7, 11) is 2.28. The number of hydrogen-bond acceptors (Lipinski definition) is 3. The van der Waals surface area contributed by atoms with Gasteiger partial charge in [0.1, 0.15) is 0 Å². The first kappa shape index (κ1) is 12.9. The second-order valence-electron chi connectivity index (χ2n) is 6.66. The molecular weight excluding hydrogens is 222 g/mol. The Hall–Kier alpha value is -0.120. The standard InChI is InChI=1S/C15H29N3/c1-12-11-13(7-10-17(12)2)18-9-4-6-15(18)14-5-3-8-16-14/h12-16H,3-11H2,1-2H3. The summed E-state index contributed by atoms with van der Waals surface area (Å²) in [6.45, 7) is 6.28. The van der Waals surface area contributed by atoms with Crippen molar-refractivity contribution in [2.75, 3.05) is 26.7 Å². The molecule has 3 fully saturated rings. The summed E-state index contributed by atoms with van der Waals surface area (Å²) < 4.78 is 0. The van der Waals surface area contributed by atoms with Crippen LogP contribution >= 0.6 is 0 Å². The Bertz CT molecular complexity index is 275. The van der Waals surface area contributed by atoms with Crippen LogP contribution in [0.25, 0.3) is 0 Å². The normalized spacial score (nSPS) is 43.7. The van der Waals surface area contributed by atoms with E-state index in [0.717, 1.165) is 24.2 Å². The molecule has 0 bridgehead atoms. The maximum absolute atomic E-state index is 3.74. The van der Waals surface area contributed by atoms with Gasteiger partial charge in [0.25, 0.3) is 0 Å². The van der Waals surface area contributed by atoms with Crippen LogP contribution in [-0.4, -0.2) is 60.6 Å². The molecule has 0 radical (unpaired) electrons. The van der Waals surface area contributed by atoms with Crippen molar-refractivity contribution in [2.24, 2.45) is 0 Å². The van der Waals surface area contributed by atoms with E-state index in [4.69, 9.17) is 0 Å². The third kappa shape index (κ3) is 2.45. The molecule has 3 aliphatic heterocycles. The fraction of sp³-hybridized carbons (Fsp3) is 1.00. The number of rotatable bonds is 2. The molecule has 0 saturated carbocycles. The minimum Gasteiger partial charge on any atom is -0.312 e. The van der Waals surface area contributed by atoms with Gasteiger partial charge in [0.2, 0.25) is 0 Å². The summed E-state index contributed by atoms with van der Waals surface area (Å²) in [5.74, 6) is 0. The highest BCUT2D eigenvalue weighted by molar-refractivity contribution is 4.96. The molecule has 0 amide bonds. The molecule has 3 rings (SSSR count). The highest BCUT2D eigenvalue weighted by Crippen LogP contribution is 2.31. The lowest BCUT2D eigenvalue weighted by molar-refractivity contribution is 0.0700. The maximum Gasteiger partial charge on any atom is 0.0252 e. The van der Waals surface area contributed by atoms with E-state index in [-0.39, 0.29) is 0 Å². The molecule has 3 nitrogen and oxygen atoms in total. The van der Waals surface area contributed by atoms with Crippen LogP contribution in [0.4, 0.5) is 0 Å². The molecule has 0 aliphatic carbocycles. The minimum atomic E-state index is 0.765. The number of piperidine rings is 1. The van der Waals surface area contributed by atoms with Gasteiger partial charge in [-0.05, 0) is 72.1 Å². The first-order valence-electron chi connectivity index (χ1n) is 7.95. The highest BCUT2D eigenvalue weighted by atomic mass is 15.3. The van der Waals surface area contributed by atoms with Crippen molar-refractivity contribution in [1.82, 2.24) is 15.1 Å². The van der Waals surface area contributed by atoms with Gasteiger partial charge in [-0.1, -0.05) is 0 Å². The van der Waals surface area contributed by atoms with Gasteiger partial charge in [-0.3, -0.25) is 4.90 Å². The van der Waals surface area contributed by atoms with Crippen molar-refractivity contribution in [3.05, 3.63) is 0 Å². The molecule has 4 unspecified atom stereocenters. The van der Waals surface area contributed by atoms with Crippen molar-refractivity contribution in [2.45, 2.75) is 69.6 Å². The SMILES string of the molecule is CC1CC(N2CCCC2C2CCCN2)CCN1C. The largest absolute Gasteiger partial charge is 0.312 e. The molecule has 4 atom stereocenters. The van der Waals surface area contributed by atoms with Crippen LogP contribution in [0.15, 0.2) is 0 Å². The topological polar surface area (TPSA) is 18.5 Å². The van der Waals surface area contributed by atoms with Gasteiger partial charge >= 0.3 is 0 Å². The number of nitrogens with one attached hydrogen (secondary N) is 1. The summed E-state index contributed by atoms with van der Waals surface area (Å²) in [5, 5.41) is 3.74. The quantitative estimate of drug-likeness (QED) is 0.806. The number of nitrogens with zero attached hydrogens (tertiary/aromatic N) is 2. The lowest BCUT2D eigenvalue weighted by Gasteiger charge is -2.43. The lowest BCUT2D eigenvalue weighted by atomic mass is 9.95. The van der Waals surface area contributed by atoms with Crippen molar-refractivity contribution >= 4 is 0 Å². The molecular formula is C15H29N3. The molecule has 3 aliphatic rings. The Morgan fingerprint density at radius 2 is 1.94 bits per heavy atom. The van der Waals surface area contributed by atoms with Crippen LogP contribution < -0.4 is 5.32 Å². The van der Waals surface area contributed by atoms with E-state index in [1.54, 1.807) is 0 Å². The Kier molecular flexibility index (Phi) is 3.92. The van der Waals surface area contributed by atoms with Crippen molar-refractivity contribution in [3.63, 3.8) is 0 Å². The Morgan fingerprint density at radius 1 is 1.06 bits per heavy atom. The van der Waals surface area contributed by atoms with Crippen molar-refractivity contribution in [3.8, 4) is 0 Å². The smallest absolute Gasteiger partial charge is 0.0252 e. The molecule has 0 spiro atoms. The average Bonchev–Trinajstić information content (AvgIpc) is 3.00. The summed E-state index contributed by atoms with van der Waals surface area (Å²) in [5.41, 5.74) is 0. The lowest BCUT2D eigenvalue weighted by Crippen LogP contribution is -2.53. The van der Waals surface area contributed by atoms with Crippen LogP contribution in [0, 0.1) is 0 Å². The molecule has 1 N–H and O–H groups in total. The van der Waals surface area contributed by atoms with E-state index in [1.165, 1.54) is 58.2 Å². The third-order valence-corrected chi connectivity index (χ3v) is 5.55. The molecule has 18 heavy (non-hydrogen) atoms. The fourth-order valence-corrected chi connectivity index (χ4v) is 4.31. The molecule has 0 aromatic heterocycles. The van der Waals surface area contributed by atoms with Crippen molar-refractivity contribution < 1.29 is 0 Å². The zero-order chi connectivity index (χ0) is 12.5. The van der Waals surface area contributed by atoms with Crippen LogP contribution in [0.2, 0.25) is 0 Å². The van der Waals surface area contributed by atoms with Gasteiger partial charge < -0.3 is 10.2 Å². The summed E-state index contributed by atoms with van der Waals surface area (Å²) in [6.07, 6.45) is 8.40. The van der Waals surface area contributed by atoms with E-state index in [9.17, 15) is 0 Å². The summed E-state index contributed by atoms with van der Waals surface area (Å²) >= 11 is 0. The van der Waals surface area contributed by atoms with E-state index < -0.39 is 0 Å². The van der Waals surface area contributed by atoms with Crippen LogP contribution in [0.1, 0.15) is 45.4 Å². The Morgan fingerprint density at radius 3 is 2.67 bits per heavy atom. The zero-order valence-corrected chi connectivity index (χ0v) is 12.1. The van der Waals surface area contributed by atoms with Gasteiger partial charge in [-0.15, -0.1) is 0 Å². The van der Waals surface area contributed by atoms with E-state index in [0.29, 0.717) is 0 Å². The Balaban J connectivity index is 1.63. The monoisotopic (exact) mass is 251 g/mol. The molecule has 3 saturated heterocycles. The zero-order valence-electron chi connectivity index (χ0n) is 12.1. The Labute approximate surface area is 112 Å². The van der Waals surface area contributed by atoms with E-state index in [1.807, 2.05) is 0 Å². The van der Waals surface area contributed by atoms with Gasteiger partial charge in [0, 0.05) is 24.2 Å². The van der Waals surface area contributed by atoms with Crippen LogP contribution in [0.5, 0.6) is 0 Å². The molecule has 104 valence electrons. The van der Waals surface area contributed by atoms with Gasteiger partial charge in [-0.25, -0.2) is 0 Å². The maximum atomic E-state index is 3.74. The van der Waals surface area contributed by atoms with Gasteiger partial charge in [-0.2, -0.15) is 0 Å². The molecule has 3 heterocycles. The van der Waals surface area contributed by atoms with Crippen LogP contribution in [0.3, 0.4) is 0 Å². The number of likely N-dealkylation sites (tertiary alicyclic amines) is 2.